The highest BCUT2D eigenvalue weighted by atomic mass is 32.1. The summed E-state index contributed by atoms with van der Waals surface area (Å²) in [4.78, 5) is 31.7. The molecule has 0 atom stereocenters. The van der Waals surface area contributed by atoms with Crippen LogP contribution in [0.1, 0.15) is 109 Å². The van der Waals surface area contributed by atoms with Crippen LogP contribution in [0.15, 0.2) is 5.38 Å². The Morgan fingerprint density at radius 1 is 1.03 bits per heavy atom. The number of thiazole rings is 1. The molecule has 1 N–H and O–H groups in total. The van der Waals surface area contributed by atoms with E-state index in [2.05, 4.69) is 17.2 Å². The number of nitrogens with one attached hydrogen (secondary N) is 1. The van der Waals surface area contributed by atoms with E-state index < -0.39 is 0 Å². The highest BCUT2D eigenvalue weighted by Gasteiger charge is 2.27. The lowest BCUT2D eigenvalue weighted by molar-refractivity contribution is -0.137. The molecular formula is C24H41N3O2S. The minimum atomic E-state index is -0.129. The Hall–Kier alpha value is -1.43. The molecule has 5 nitrogen and oxygen atoms in total. The van der Waals surface area contributed by atoms with Crippen LogP contribution in [-0.2, 0) is 9.59 Å². The monoisotopic (exact) mass is 435 g/mol. The average molecular weight is 436 g/mol. The van der Waals surface area contributed by atoms with Crippen LogP contribution in [0.2, 0.25) is 0 Å². The van der Waals surface area contributed by atoms with Crippen molar-refractivity contribution in [1.29, 1.82) is 0 Å². The number of anilines is 1. The molecule has 170 valence electrons. The van der Waals surface area contributed by atoms with Gasteiger partial charge in [0.1, 0.15) is 6.54 Å². The number of carbonyl (C=O) groups excluding carboxylic acids is 2. The standard InChI is InChI=1S/C24H41N3O2S/c1-3-4-5-6-7-8-9-10-14-17-23(29)27(21-15-12-11-13-16-21)18-22(28)26-24-25-20(2)19-30-24/h19,21H,3-18H2,1-2H3,(H,25,26,28). The minimum Gasteiger partial charge on any atom is -0.330 e. The molecule has 1 aliphatic rings. The van der Waals surface area contributed by atoms with Crippen LogP contribution in [0, 0.1) is 6.92 Å². The molecule has 0 bridgehead atoms. The van der Waals surface area contributed by atoms with Gasteiger partial charge >= 0.3 is 0 Å². The maximum Gasteiger partial charge on any atom is 0.245 e. The summed E-state index contributed by atoms with van der Waals surface area (Å²) >= 11 is 1.43. The molecule has 0 aliphatic heterocycles. The number of carbonyl (C=O) groups is 2. The number of rotatable bonds is 14. The molecule has 2 rings (SSSR count). The summed E-state index contributed by atoms with van der Waals surface area (Å²) in [5.74, 6) is 0.0191. The second-order valence-electron chi connectivity index (χ2n) is 8.73. The van der Waals surface area contributed by atoms with Gasteiger partial charge in [-0.15, -0.1) is 11.3 Å². The first-order chi connectivity index (χ1) is 14.6. The van der Waals surface area contributed by atoms with E-state index in [1.165, 1.54) is 62.7 Å². The van der Waals surface area contributed by atoms with E-state index in [1.807, 2.05) is 17.2 Å². The second-order valence-corrected chi connectivity index (χ2v) is 9.59. The third-order valence-electron chi connectivity index (χ3n) is 6.01. The normalized spacial score (nSPS) is 14.6. The number of hydrogen-bond acceptors (Lipinski definition) is 4. The first-order valence-corrected chi connectivity index (χ1v) is 13.0. The van der Waals surface area contributed by atoms with Gasteiger partial charge in [-0.1, -0.05) is 77.6 Å². The van der Waals surface area contributed by atoms with Crippen molar-refractivity contribution in [2.24, 2.45) is 0 Å². The van der Waals surface area contributed by atoms with Crippen molar-refractivity contribution in [2.45, 2.75) is 116 Å². The lowest BCUT2D eigenvalue weighted by Gasteiger charge is -2.34. The molecular weight excluding hydrogens is 394 g/mol. The Morgan fingerprint density at radius 3 is 2.27 bits per heavy atom. The molecule has 1 saturated carbocycles. The fourth-order valence-corrected chi connectivity index (χ4v) is 4.97. The summed E-state index contributed by atoms with van der Waals surface area (Å²) in [5.41, 5.74) is 0.904. The number of aryl methyl sites for hydroxylation is 1. The Labute approximate surface area is 187 Å². The second kappa shape index (κ2) is 14.6. The predicted molar refractivity (Wildman–Crippen MR) is 126 cm³/mol. The third-order valence-corrected chi connectivity index (χ3v) is 6.88. The molecule has 1 aliphatic carbocycles. The van der Waals surface area contributed by atoms with Crippen LogP contribution in [-0.4, -0.2) is 34.3 Å². The number of amides is 2. The summed E-state index contributed by atoms with van der Waals surface area (Å²) in [5, 5.41) is 5.40. The van der Waals surface area contributed by atoms with E-state index >= 15 is 0 Å². The van der Waals surface area contributed by atoms with Crippen LogP contribution in [0.5, 0.6) is 0 Å². The maximum atomic E-state index is 13.0. The van der Waals surface area contributed by atoms with Gasteiger partial charge in [-0.3, -0.25) is 9.59 Å². The summed E-state index contributed by atoms with van der Waals surface area (Å²) in [6.07, 6.45) is 17.3. The fraction of sp³-hybridized carbons (Fsp3) is 0.792. The van der Waals surface area contributed by atoms with Gasteiger partial charge in [-0.05, 0) is 26.2 Å². The minimum absolute atomic E-state index is 0.129. The van der Waals surface area contributed by atoms with E-state index in [1.54, 1.807) is 0 Å². The number of hydrogen-bond donors (Lipinski definition) is 1. The molecule has 1 aromatic heterocycles. The molecule has 6 heteroatoms. The Balaban J connectivity index is 1.74. The molecule has 1 fully saturated rings. The van der Waals surface area contributed by atoms with Crippen LogP contribution in [0.25, 0.3) is 0 Å². The summed E-state index contributed by atoms with van der Waals surface area (Å²) < 4.78 is 0. The Morgan fingerprint density at radius 2 is 1.67 bits per heavy atom. The topological polar surface area (TPSA) is 62.3 Å². The quantitative estimate of drug-likeness (QED) is 0.341. The van der Waals surface area contributed by atoms with E-state index in [0.717, 1.165) is 44.2 Å². The van der Waals surface area contributed by atoms with Crippen molar-refractivity contribution in [3.8, 4) is 0 Å². The van der Waals surface area contributed by atoms with Crippen molar-refractivity contribution in [1.82, 2.24) is 9.88 Å². The van der Waals surface area contributed by atoms with Crippen molar-refractivity contribution in [2.75, 3.05) is 11.9 Å². The largest absolute Gasteiger partial charge is 0.330 e. The summed E-state index contributed by atoms with van der Waals surface area (Å²) in [6.45, 7) is 4.31. The highest BCUT2D eigenvalue weighted by Crippen LogP contribution is 2.24. The SMILES string of the molecule is CCCCCCCCCCCC(=O)N(CC(=O)Nc1nc(C)cs1)C1CCCCC1. The van der Waals surface area contributed by atoms with Crippen molar-refractivity contribution in [3.63, 3.8) is 0 Å². The van der Waals surface area contributed by atoms with Gasteiger partial charge < -0.3 is 10.2 Å². The zero-order chi connectivity index (χ0) is 21.6. The molecule has 30 heavy (non-hydrogen) atoms. The molecule has 0 unspecified atom stereocenters. The Bertz CT molecular complexity index is 626. The maximum absolute atomic E-state index is 13.0. The smallest absolute Gasteiger partial charge is 0.245 e. The third kappa shape index (κ3) is 9.59. The van der Waals surface area contributed by atoms with Crippen LogP contribution in [0.4, 0.5) is 5.13 Å². The van der Waals surface area contributed by atoms with Crippen LogP contribution >= 0.6 is 11.3 Å². The zero-order valence-corrected chi connectivity index (χ0v) is 19.9. The van der Waals surface area contributed by atoms with Gasteiger partial charge in [0.2, 0.25) is 11.8 Å². The molecule has 2 amide bonds. The van der Waals surface area contributed by atoms with Crippen molar-refractivity contribution < 1.29 is 9.59 Å². The summed E-state index contributed by atoms with van der Waals surface area (Å²) in [6, 6.07) is 0.216. The predicted octanol–water partition coefficient (Wildman–Crippen LogP) is 6.47. The lowest BCUT2D eigenvalue weighted by Crippen LogP contribution is -2.45. The average Bonchev–Trinajstić information content (AvgIpc) is 3.15. The zero-order valence-electron chi connectivity index (χ0n) is 19.1. The van der Waals surface area contributed by atoms with Crippen molar-refractivity contribution in [3.05, 3.63) is 11.1 Å². The van der Waals surface area contributed by atoms with Crippen LogP contribution in [0.3, 0.4) is 0 Å². The van der Waals surface area contributed by atoms with E-state index in [-0.39, 0.29) is 24.4 Å². The number of nitrogens with zero attached hydrogens (tertiary/aromatic N) is 2. The number of aromatic nitrogens is 1. The molecule has 0 aromatic carbocycles. The first-order valence-electron chi connectivity index (χ1n) is 12.1. The summed E-state index contributed by atoms with van der Waals surface area (Å²) in [7, 11) is 0. The molecule has 0 saturated heterocycles. The van der Waals surface area contributed by atoms with Gasteiger partial charge in [0.05, 0.1) is 5.69 Å². The van der Waals surface area contributed by atoms with E-state index in [0.29, 0.717) is 11.6 Å². The fourth-order valence-electron chi connectivity index (χ4n) is 4.27. The van der Waals surface area contributed by atoms with Crippen molar-refractivity contribution >= 4 is 28.3 Å². The lowest BCUT2D eigenvalue weighted by atomic mass is 9.93. The van der Waals surface area contributed by atoms with E-state index in [9.17, 15) is 9.59 Å². The molecule has 1 aromatic rings. The Kier molecular flexibility index (Phi) is 12.0. The number of unbranched alkanes of at least 4 members (excludes halogenated alkanes) is 8. The highest BCUT2D eigenvalue weighted by molar-refractivity contribution is 7.13. The first kappa shape index (κ1) is 24.8. The van der Waals surface area contributed by atoms with Gasteiger partial charge in [0, 0.05) is 17.8 Å². The van der Waals surface area contributed by atoms with Gasteiger partial charge in [-0.2, -0.15) is 0 Å². The van der Waals surface area contributed by atoms with E-state index in [4.69, 9.17) is 0 Å². The molecule has 0 spiro atoms. The molecule has 0 radical (unpaired) electrons. The van der Waals surface area contributed by atoms with Gasteiger partial charge in [0.25, 0.3) is 0 Å². The van der Waals surface area contributed by atoms with Crippen LogP contribution < -0.4 is 5.32 Å². The molecule has 1 heterocycles. The van der Waals surface area contributed by atoms with Gasteiger partial charge in [0.15, 0.2) is 5.13 Å². The van der Waals surface area contributed by atoms with Gasteiger partial charge in [-0.25, -0.2) is 4.98 Å².